The summed E-state index contributed by atoms with van der Waals surface area (Å²) in [6.45, 7) is 1.91. The summed E-state index contributed by atoms with van der Waals surface area (Å²) in [5, 5.41) is 12.1. The normalized spacial score (nSPS) is 20.8. The first kappa shape index (κ1) is 12.0. The second-order valence-corrected chi connectivity index (χ2v) is 6.40. The van der Waals surface area contributed by atoms with Crippen molar-refractivity contribution < 1.29 is 4.79 Å². The topological polar surface area (TPSA) is 59.8 Å². The van der Waals surface area contributed by atoms with Crippen LogP contribution >= 0.6 is 11.8 Å². The Labute approximate surface area is 111 Å². The highest BCUT2D eigenvalue weighted by Crippen LogP contribution is 2.46. The average molecular weight is 266 g/mol. The number of amides is 1. The summed E-state index contributed by atoms with van der Waals surface area (Å²) in [6.07, 6.45) is 4.92. The zero-order valence-electron chi connectivity index (χ0n) is 10.7. The van der Waals surface area contributed by atoms with Gasteiger partial charge in [-0.25, -0.2) is 0 Å². The molecule has 1 atom stereocenters. The van der Waals surface area contributed by atoms with Gasteiger partial charge in [0.05, 0.1) is 5.25 Å². The summed E-state index contributed by atoms with van der Waals surface area (Å²) in [6, 6.07) is 0.579. The molecule has 1 unspecified atom stereocenters. The Morgan fingerprint density at radius 1 is 1.39 bits per heavy atom. The van der Waals surface area contributed by atoms with Gasteiger partial charge >= 0.3 is 0 Å². The first-order valence-corrected chi connectivity index (χ1v) is 7.41. The molecule has 2 aliphatic carbocycles. The molecule has 98 valence electrons. The van der Waals surface area contributed by atoms with E-state index in [2.05, 4.69) is 20.1 Å². The van der Waals surface area contributed by atoms with Crippen molar-refractivity contribution in [2.45, 2.75) is 55.0 Å². The highest BCUT2D eigenvalue weighted by molar-refractivity contribution is 8.00. The van der Waals surface area contributed by atoms with Gasteiger partial charge in [0.15, 0.2) is 5.16 Å². The minimum absolute atomic E-state index is 0.0401. The molecule has 18 heavy (non-hydrogen) atoms. The van der Waals surface area contributed by atoms with Gasteiger partial charge < -0.3 is 9.88 Å². The molecule has 2 aliphatic rings. The third kappa shape index (κ3) is 2.25. The van der Waals surface area contributed by atoms with E-state index in [1.807, 2.05) is 6.92 Å². The van der Waals surface area contributed by atoms with Gasteiger partial charge in [0.25, 0.3) is 0 Å². The van der Waals surface area contributed by atoms with E-state index in [-0.39, 0.29) is 11.2 Å². The van der Waals surface area contributed by atoms with Gasteiger partial charge in [0.2, 0.25) is 5.91 Å². The standard InChI is InChI=1S/C12H18N4OS/c1-7(11(17)13-2)18-12-15-14-10(8-3-4-8)16(12)9-5-6-9/h7-9H,3-6H2,1-2H3,(H,13,17). The Bertz CT molecular complexity index is 465. The van der Waals surface area contributed by atoms with Crippen LogP contribution in [0.25, 0.3) is 0 Å². The Hall–Kier alpha value is -1.04. The largest absolute Gasteiger partial charge is 0.358 e. The molecule has 0 radical (unpaired) electrons. The predicted octanol–water partition coefficient (Wildman–Crippen LogP) is 1.72. The number of hydrogen-bond acceptors (Lipinski definition) is 4. The van der Waals surface area contributed by atoms with Crippen molar-refractivity contribution in [1.29, 1.82) is 0 Å². The lowest BCUT2D eigenvalue weighted by Crippen LogP contribution is -2.27. The van der Waals surface area contributed by atoms with Crippen molar-refractivity contribution >= 4 is 17.7 Å². The van der Waals surface area contributed by atoms with E-state index < -0.39 is 0 Å². The average Bonchev–Trinajstić information content (AvgIpc) is 3.27. The molecule has 5 nitrogen and oxygen atoms in total. The van der Waals surface area contributed by atoms with E-state index in [0.29, 0.717) is 12.0 Å². The van der Waals surface area contributed by atoms with Crippen LogP contribution in [0.5, 0.6) is 0 Å². The number of thioether (sulfide) groups is 1. The third-order valence-electron chi connectivity index (χ3n) is 3.44. The quantitative estimate of drug-likeness (QED) is 0.824. The zero-order chi connectivity index (χ0) is 12.7. The number of carbonyl (C=O) groups is 1. The number of nitrogens with one attached hydrogen (secondary N) is 1. The second kappa shape index (κ2) is 4.57. The maximum Gasteiger partial charge on any atom is 0.233 e. The van der Waals surface area contributed by atoms with E-state index >= 15 is 0 Å². The Morgan fingerprint density at radius 2 is 2.11 bits per heavy atom. The monoisotopic (exact) mass is 266 g/mol. The molecule has 2 fully saturated rings. The van der Waals surface area contributed by atoms with Gasteiger partial charge in [-0.2, -0.15) is 0 Å². The van der Waals surface area contributed by atoms with Crippen LogP contribution in [0.3, 0.4) is 0 Å². The van der Waals surface area contributed by atoms with Crippen molar-refractivity contribution in [2.24, 2.45) is 0 Å². The van der Waals surface area contributed by atoms with E-state index in [1.54, 1.807) is 7.05 Å². The zero-order valence-corrected chi connectivity index (χ0v) is 11.5. The van der Waals surface area contributed by atoms with Crippen LogP contribution in [-0.4, -0.2) is 33.0 Å². The molecule has 2 saturated carbocycles. The fourth-order valence-electron chi connectivity index (χ4n) is 2.08. The molecule has 0 bridgehead atoms. The number of aromatic nitrogens is 3. The summed E-state index contributed by atoms with van der Waals surface area (Å²) in [5.74, 6) is 1.80. The minimum Gasteiger partial charge on any atom is -0.358 e. The summed E-state index contributed by atoms with van der Waals surface area (Å²) in [7, 11) is 1.67. The maximum atomic E-state index is 11.6. The third-order valence-corrected chi connectivity index (χ3v) is 4.50. The number of rotatable bonds is 5. The fraction of sp³-hybridized carbons (Fsp3) is 0.750. The van der Waals surface area contributed by atoms with Gasteiger partial charge in [-0.15, -0.1) is 10.2 Å². The highest BCUT2D eigenvalue weighted by atomic mass is 32.2. The van der Waals surface area contributed by atoms with Gasteiger partial charge in [-0.3, -0.25) is 4.79 Å². The Kier molecular flexibility index (Phi) is 3.05. The van der Waals surface area contributed by atoms with Crippen molar-refractivity contribution in [3.05, 3.63) is 5.82 Å². The van der Waals surface area contributed by atoms with Crippen LogP contribution in [-0.2, 0) is 4.79 Å². The van der Waals surface area contributed by atoms with E-state index in [0.717, 1.165) is 11.0 Å². The first-order chi connectivity index (χ1) is 8.70. The molecule has 1 amide bonds. The lowest BCUT2D eigenvalue weighted by atomic mass is 10.4. The van der Waals surface area contributed by atoms with Crippen molar-refractivity contribution in [1.82, 2.24) is 20.1 Å². The number of nitrogens with zero attached hydrogens (tertiary/aromatic N) is 3. The van der Waals surface area contributed by atoms with E-state index in [9.17, 15) is 4.79 Å². The molecule has 0 saturated heterocycles. The maximum absolute atomic E-state index is 11.6. The van der Waals surface area contributed by atoms with Crippen molar-refractivity contribution in [3.63, 3.8) is 0 Å². The second-order valence-electron chi connectivity index (χ2n) is 5.09. The lowest BCUT2D eigenvalue weighted by molar-refractivity contribution is -0.119. The number of hydrogen-bond donors (Lipinski definition) is 1. The molecule has 0 spiro atoms. The molecular formula is C12H18N4OS. The molecule has 6 heteroatoms. The SMILES string of the molecule is CNC(=O)C(C)Sc1nnc(C2CC2)n1C1CC1. The van der Waals surface area contributed by atoms with Gasteiger partial charge in [-0.1, -0.05) is 11.8 Å². The van der Waals surface area contributed by atoms with E-state index in [1.165, 1.54) is 37.4 Å². The molecule has 1 aromatic heterocycles. The van der Waals surface area contributed by atoms with Gasteiger partial charge in [0.1, 0.15) is 5.82 Å². The smallest absolute Gasteiger partial charge is 0.233 e. The molecular weight excluding hydrogens is 248 g/mol. The lowest BCUT2D eigenvalue weighted by Gasteiger charge is -2.11. The van der Waals surface area contributed by atoms with Crippen LogP contribution in [0.2, 0.25) is 0 Å². The molecule has 1 aromatic rings. The van der Waals surface area contributed by atoms with Crippen LogP contribution in [0.4, 0.5) is 0 Å². The van der Waals surface area contributed by atoms with Crippen molar-refractivity contribution in [3.8, 4) is 0 Å². The molecule has 1 N–H and O–H groups in total. The van der Waals surface area contributed by atoms with Crippen LogP contribution in [0.15, 0.2) is 5.16 Å². The summed E-state index contributed by atoms with van der Waals surface area (Å²) >= 11 is 1.51. The van der Waals surface area contributed by atoms with E-state index in [4.69, 9.17) is 0 Å². The molecule has 0 aliphatic heterocycles. The molecule has 0 aromatic carbocycles. The van der Waals surface area contributed by atoms with Crippen LogP contribution in [0.1, 0.15) is 50.4 Å². The summed E-state index contributed by atoms with van der Waals surface area (Å²) in [4.78, 5) is 11.6. The van der Waals surface area contributed by atoms with Gasteiger partial charge in [0, 0.05) is 19.0 Å². The van der Waals surface area contributed by atoms with Gasteiger partial charge in [-0.05, 0) is 32.6 Å². The summed E-state index contributed by atoms with van der Waals surface area (Å²) < 4.78 is 2.28. The highest BCUT2D eigenvalue weighted by Gasteiger charge is 2.36. The predicted molar refractivity (Wildman–Crippen MR) is 69.7 cm³/mol. The first-order valence-electron chi connectivity index (χ1n) is 6.53. The summed E-state index contributed by atoms with van der Waals surface area (Å²) in [5.41, 5.74) is 0. The van der Waals surface area contributed by atoms with Crippen LogP contribution in [0, 0.1) is 0 Å². The molecule has 3 rings (SSSR count). The van der Waals surface area contributed by atoms with Crippen LogP contribution < -0.4 is 5.32 Å². The Morgan fingerprint density at radius 3 is 2.67 bits per heavy atom. The number of carbonyl (C=O) groups excluding carboxylic acids is 1. The minimum atomic E-state index is -0.122. The van der Waals surface area contributed by atoms with Crippen molar-refractivity contribution in [2.75, 3.05) is 7.05 Å². The molecule has 1 heterocycles. The Balaban J connectivity index is 1.80. The fourth-order valence-corrected chi connectivity index (χ4v) is 3.06.